The first kappa shape index (κ1) is 29.1. The van der Waals surface area contributed by atoms with Crippen molar-refractivity contribution in [3.63, 3.8) is 0 Å². The predicted molar refractivity (Wildman–Crippen MR) is 155 cm³/mol. The lowest BCUT2D eigenvalue weighted by molar-refractivity contribution is -0.145. The predicted octanol–water partition coefficient (Wildman–Crippen LogP) is 5.17. The molecule has 2 aromatic rings. The van der Waals surface area contributed by atoms with E-state index in [0.29, 0.717) is 24.6 Å². The van der Waals surface area contributed by atoms with E-state index in [-0.39, 0.29) is 55.7 Å². The zero-order valence-corrected chi connectivity index (χ0v) is 24.3. The fourth-order valence-corrected chi connectivity index (χ4v) is 6.76. The number of nitrogens with zero attached hydrogens (tertiary/aromatic N) is 2. The average molecular weight is 563 g/mol. The Morgan fingerprint density at radius 1 is 0.976 bits per heavy atom. The van der Waals surface area contributed by atoms with Gasteiger partial charge >= 0.3 is 5.97 Å². The van der Waals surface area contributed by atoms with E-state index < -0.39 is 5.97 Å². The molecule has 1 heterocycles. The van der Waals surface area contributed by atoms with Crippen LogP contribution in [0.3, 0.4) is 0 Å². The fourth-order valence-electron chi connectivity index (χ4n) is 6.76. The highest BCUT2D eigenvalue weighted by atomic mass is 16.5. The number of carbonyl (C=O) groups is 3. The van der Waals surface area contributed by atoms with E-state index >= 15 is 0 Å². The molecule has 2 fully saturated rings. The summed E-state index contributed by atoms with van der Waals surface area (Å²) in [4.78, 5) is 39.6. The lowest BCUT2D eigenvalue weighted by Gasteiger charge is -2.37. The third-order valence-electron chi connectivity index (χ3n) is 9.19. The zero-order chi connectivity index (χ0) is 28.9. The van der Waals surface area contributed by atoms with Gasteiger partial charge in [-0.2, -0.15) is 0 Å². The Morgan fingerprint density at radius 2 is 1.73 bits per heavy atom. The Morgan fingerprint density at radius 3 is 2.49 bits per heavy atom. The van der Waals surface area contributed by atoms with Crippen molar-refractivity contribution in [2.75, 3.05) is 26.8 Å². The molecule has 5 rings (SSSR count). The van der Waals surface area contributed by atoms with Crippen LogP contribution in [0.2, 0.25) is 0 Å². The molecule has 1 saturated carbocycles. The van der Waals surface area contributed by atoms with Gasteiger partial charge in [-0.25, -0.2) is 0 Å². The van der Waals surface area contributed by atoms with Gasteiger partial charge in [-0.15, -0.1) is 0 Å². The summed E-state index contributed by atoms with van der Waals surface area (Å²) in [6, 6.07) is 12.8. The van der Waals surface area contributed by atoms with Crippen molar-refractivity contribution in [2.24, 2.45) is 11.8 Å². The number of hydrogen-bond donors (Lipinski definition) is 1. The first-order valence-electron chi connectivity index (χ1n) is 15.1. The van der Waals surface area contributed by atoms with E-state index in [1.807, 2.05) is 18.2 Å². The number of carboxylic acids is 1. The zero-order valence-electron chi connectivity index (χ0n) is 24.3. The number of imide groups is 1. The fraction of sp³-hybridized carbons (Fsp3) is 0.545. The van der Waals surface area contributed by atoms with Crippen LogP contribution in [-0.2, 0) is 33.8 Å². The van der Waals surface area contributed by atoms with Crippen molar-refractivity contribution < 1.29 is 29.0 Å². The SMILES string of the molecule is COc1cc(CN(CC2CCCCC2C(=O)O)C(C)c2ccc3c(c2)CCC3)ccc1OCCN1C(=O)CCC1=O. The van der Waals surface area contributed by atoms with Crippen LogP contribution in [0, 0.1) is 11.8 Å². The number of aryl methyl sites for hydroxylation is 2. The van der Waals surface area contributed by atoms with E-state index in [2.05, 4.69) is 30.0 Å². The summed E-state index contributed by atoms with van der Waals surface area (Å²) in [5.74, 6) is -0.0279. The topological polar surface area (TPSA) is 96.4 Å². The molecule has 8 nitrogen and oxygen atoms in total. The standard InChI is InChI=1S/C33H42N2O6/c1-22(25-12-11-24-7-5-8-26(24)19-25)34(21-27-6-3-4-9-28(27)33(38)39)20-23-10-13-29(30(18-23)40-2)41-17-16-35-31(36)14-15-32(35)37/h10-13,18-19,22,27-28H,3-9,14-17,20-21H2,1-2H3,(H,38,39). The number of amides is 2. The van der Waals surface area contributed by atoms with Crippen molar-refractivity contribution in [3.05, 3.63) is 58.7 Å². The van der Waals surface area contributed by atoms with Crippen molar-refractivity contribution in [1.29, 1.82) is 0 Å². The number of hydrogen-bond acceptors (Lipinski definition) is 6. The highest BCUT2D eigenvalue weighted by Gasteiger charge is 2.33. The molecule has 2 aromatic carbocycles. The van der Waals surface area contributed by atoms with E-state index in [1.54, 1.807) is 7.11 Å². The molecule has 3 aliphatic rings. The molecule has 8 heteroatoms. The molecule has 1 aliphatic heterocycles. The second-order valence-corrected chi connectivity index (χ2v) is 11.7. The Balaban J connectivity index is 1.33. The van der Waals surface area contributed by atoms with Crippen LogP contribution in [0.25, 0.3) is 0 Å². The average Bonchev–Trinajstić information content (AvgIpc) is 3.58. The number of methoxy groups -OCH3 is 1. The van der Waals surface area contributed by atoms with Crippen molar-refractivity contribution in [3.8, 4) is 11.5 Å². The molecule has 0 radical (unpaired) electrons. The van der Waals surface area contributed by atoms with E-state index in [4.69, 9.17) is 9.47 Å². The number of benzene rings is 2. The van der Waals surface area contributed by atoms with Gasteiger partial charge < -0.3 is 14.6 Å². The van der Waals surface area contributed by atoms with Gasteiger partial charge in [0.2, 0.25) is 11.8 Å². The van der Waals surface area contributed by atoms with Crippen LogP contribution < -0.4 is 9.47 Å². The van der Waals surface area contributed by atoms with E-state index in [9.17, 15) is 19.5 Å². The summed E-state index contributed by atoms with van der Waals surface area (Å²) in [6.07, 6.45) is 7.75. The molecule has 41 heavy (non-hydrogen) atoms. The molecule has 2 amide bonds. The van der Waals surface area contributed by atoms with Gasteiger partial charge in [0.1, 0.15) is 6.61 Å². The first-order chi connectivity index (χ1) is 19.8. The van der Waals surface area contributed by atoms with Crippen LogP contribution in [-0.4, -0.2) is 59.5 Å². The Hall–Kier alpha value is -3.39. The quantitative estimate of drug-likeness (QED) is 0.357. The molecule has 3 unspecified atom stereocenters. The van der Waals surface area contributed by atoms with Crippen LogP contribution in [0.5, 0.6) is 11.5 Å². The van der Waals surface area contributed by atoms with E-state index in [0.717, 1.165) is 44.1 Å². The van der Waals surface area contributed by atoms with Crippen molar-refractivity contribution in [2.45, 2.75) is 77.3 Å². The summed E-state index contributed by atoms with van der Waals surface area (Å²) in [6.45, 7) is 4.01. The highest BCUT2D eigenvalue weighted by molar-refractivity contribution is 6.01. The number of aliphatic carboxylic acids is 1. The maximum atomic E-state index is 12.1. The highest BCUT2D eigenvalue weighted by Crippen LogP contribution is 2.36. The number of fused-ring (bicyclic) bond motifs is 1. The maximum Gasteiger partial charge on any atom is 0.306 e. The molecule has 220 valence electrons. The number of ether oxygens (including phenoxy) is 2. The lowest BCUT2D eigenvalue weighted by atomic mass is 9.78. The van der Waals surface area contributed by atoms with Gasteiger partial charge in [-0.05, 0) is 79.3 Å². The third-order valence-corrected chi connectivity index (χ3v) is 9.19. The van der Waals surface area contributed by atoms with Crippen molar-refractivity contribution >= 4 is 17.8 Å². The second kappa shape index (κ2) is 13.1. The van der Waals surface area contributed by atoms with Gasteiger partial charge in [0.25, 0.3) is 0 Å². The number of carboxylic acid groups (broad SMARTS) is 1. The minimum atomic E-state index is -0.680. The number of likely N-dealkylation sites (tertiary alicyclic amines) is 1. The van der Waals surface area contributed by atoms with E-state index in [1.165, 1.54) is 28.0 Å². The van der Waals surface area contributed by atoms with Gasteiger partial charge in [0, 0.05) is 32.0 Å². The summed E-state index contributed by atoms with van der Waals surface area (Å²) in [5.41, 5.74) is 5.21. The second-order valence-electron chi connectivity index (χ2n) is 11.7. The minimum absolute atomic E-state index is 0.110. The minimum Gasteiger partial charge on any atom is -0.493 e. The summed E-state index contributed by atoms with van der Waals surface area (Å²) in [5, 5.41) is 9.95. The van der Waals surface area contributed by atoms with Gasteiger partial charge in [-0.1, -0.05) is 37.1 Å². The van der Waals surface area contributed by atoms with Gasteiger partial charge in [0.05, 0.1) is 19.6 Å². The molecule has 0 spiro atoms. The molecule has 1 saturated heterocycles. The van der Waals surface area contributed by atoms with Crippen molar-refractivity contribution in [1.82, 2.24) is 9.80 Å². The Bertz CT molecular complexity index is 1260. The number of carbonyl (C=O) groups excluding carboxylic acids is 2. The maximum absolute atomic E-state index is 12.1. The lowest BCUT2D eigenvalue weighted by Crippen LogP contribution is -2.38. The molecule has 0 aromatic heterocycles. The first-order valence-corrected chi connectivity index (χ1v) is 15.1. The number of rotatable bonds is 12. The molecule has 2 aliphatic carbocycles. The smallest absolute Gasteiger partial charge is 0.306 e. The molecule has 3 atom stereocenters. The van der Waals surface area contributed by atoms with Crippen LogP contribution in [0.4, 0.5) is 0 Å². The Labute approximate surface area is 242 Å². The van der Waals surface area contributed by atoms with Crippen LogP contribution in [0.15, 0.2) is 36.4 Å². The monoisotopic (exact) mass is 562 g/mol. The van der Waals surface area contributed by atoms with Gasteiger partial charge in [0.15, 0.2) is 11.5 Å². The Kier molecular flexibility index (Phi) is 9.28. The summed E-state index contributed by atoms with van der Waals surface area (Å²) < 4.78 is 11.6. The summed E-state index contributed by atoms with van der Waals surface area (Å²) in [7, 11) is 1.60. The van der Waals surface area contributed by atoms with Gasteiger partial charge in [-0.3, -0.25) is 24.2 Å². The molecule has 0 bridgehead atoms. The van der Waals surface area contributed by atoms with Crippen LogP contribution >= 0.6 is 0 Å². The molecular weight excluding hydrogens is 520 g/mol. The largest absolute Gasteiger partial charge is 0.493 e. The molecule has 1 N–H and O–H groups in total. The molecular formula is C33H42N2O6. The summed E-state index contributed by atoms with van der Waals surface area (Å²) >= 11 is 0. The third kappa shape index (κ3) is 6.75. The normalized spacial score (nSPS) is 21.3. The van der Waals surface area contributed by atoms with Crippen LogP contribution in [0.1, 0.15) is 80.2 Å².